The van der Waals surface area contributed by atoms with Crippen LogP contribution in [-0.4, -0.2) is 61.3 Å². The van der Waals surface area contributed by atoms with Crippen molar-refractivity contribution < 1.29 is 61.3 Å². The van der Waals surface area contributed by atoms with Crippen LogP contribution in [0.1, 0.15) is 197 Å². The highest BCUT2D eigenvalue weighted by atomic mass is 16.3. The molecule has 12 N–H and O–H groups in total. The Morgan fingerprint density at radius 3 is 0.484 bits per heavy atom. The molecule has 12 nitrogen and oxygen atoms in total. The van der Waals surface area contributed by atoms with Gasteiger partial charge in [-0.2, -0.15) is 0 Å². The lowest BCUT2D eigenvalue weighted by Crippen LogP contribution is -2.23. The smallest absolute Gasteiger partial charge is 0.200 e. The van der Waals surface area contributed by atoms with Gasteiger partial charge in [0.15, 0.2) is 46.0 Å². The zero-order valence-electron chi connectivity index (χ0n) is 36.4. The summed E-state index contributed by atoms with van der Waals surface area (Å²) < 4.78 is 0. The normalized spacial score (nSPS) is 24.1. The Morgan fingerprint density at radius 1 is 0.203 bits per heavy atom. The highest BCUT2D eigenvalue weighted by Crippen LogP contribution is 2.62. The molecule has 5 aliphatic rings. The minimum absolute atomic E-state index is 0.154. The van der Waals surface area contributed by atoms with Crippen LogP contribution in [0.3, 0.4) is 0 Å². The van der Waals surface area contributed by atoms with Gasteiger partial charge in [-0.15, -0.1) is 0 Å². The SMILES string of the molecule is Oc1c2cc(c(O)c1O)C(C1CCCCC1)c1cc(c(O)c(O)c1O)C(C1CCCCC1)c1cc(c(O)c(O)c1O)C(C1CCCCC1)c1cc(c(O)c(O)c1O)C2C1CCCCC1. The lowest BCUT2D eigenvalue weighted by atomic mass is 9.67. The molecule has 64 heavy (non-hydrogen) atoms. The van der Waals surface area contributed by atoms with Gasteiger partial charge in [0.05, 0.1) is 0 Å². The largest absolute Gasteiger partial charge is 0.504 e. The number of hydrogen-bond acceptors (Lipinski definition) is 12. The van der Waals surface area contributed by atoms with E-state index in [1.54, 1.807) is 24.3 Å². The van der Waals surface area contributed by atoms with Gasteiger partial charge in [-0.05, 0) is 99.3 Å². The maximum absolute atomic E-state index is 12.1. The number of rotatable bonds is 4. The predicted octanol–water partition coefficient (Wildman–Crippen LogP) is 11.3. The van der Waals surface area contributed by atoms with Crippen LogP contribution in [0.25, 0.3) is 0 Å². The summed E-state index contributed by atoms with van der Waals surface area (Å²) in [6.45, 7) is 0. The molecule has 0 amide bonds. The van der Waals surface area contributed by atoms with E-state index >= 15 is 0 Å². The fourth-order valence-corrected chi connectivity index (χ4v) is 13.2. The standard InChI is InChI=1S/C52H64O12/c53-41-29-21-31(43(55)49(41)61)38(26-15-7-2-8-16-26)33-23-35(47(59)51(63)45(33)57)40(28-19-11-4-12-20-28)36-24-34(46(58)52(64)48(36)60)39(27-17-9-3-10-18-27)32-22-30(42(54)50(62)44(32)56)37(29)25-13-5-1-6-14-25/h21-28,37-40,53-64H,1-20H2. The molecule has 5 aliphatic carbocycles. The lowest BCUT2D eigenvalue weighted by molar-refractivity contribution is 0.291. The molecule has 12 heteroatoms. The van der Waals surface area contributed by atoms with Crippen molar-refractivity contribution in [2.24, 2.45) is 23.7 Å². The molecule has 4 saturated carbocycles. The quantitative estimate of drug-likeness (QED) is 0.0857. The van der Waals surface area contributed by atoms with Crippen LogP contribution in [0, 0.1) is 23.7 Å². The molecule has 0 heterocycles. The molecule has 8 bridgehead atoms. The van der Waals surface area contributed by atoms with Crippen LogP contribution in [0.4, 0.5) is 0 Å². The number of fused-ring (bicyclic) bond motifs is 8. The lowest BCUT2D eigenvalue weighted by Gasteiger charge is -2.38. The third-order valence-electron chi connectivity index (χ3n) is 16.4. The van der Waals surface area contributed by atoms with Crippen molar-refractivity contribution in [1.29, 1.82) is 0 Å². The van der Waals surface area contributed by atoms with Crippen molar-refractivity contribution in [3.8, 4) is 69.0 Å². The predicted molar refractivity (Wildman–Crippen MR) is 239 cm³/mol. The molecule has 0 saturated heterocycles. The Hall–Kier alpha value is -5.52. The van der Waals surface area contributed by atoms with Crippen molar-refractivity contribution >= 4 is 0 Å². The molecule has 0 radical (unpaired) electrons. The molecule has 4 aromatic carbocycles. The zero-order chi connectivity index (χ0) is 45.1. The Bertz CT molecular complexity index is 1950. The summed E-state index contributed by atoms with van der Waals surface area (Å²) in [6, 6.07) is 6.43. The maximum atomic E-state index is 12.1. The van der Waals surface area contributed by atoms with Crippen LogP contribution < -0.4 is 0 Å². The summed E-state index contributed by atoms with van der Waals surface area (Å²) in [5.74, 6) is -13.0. The molecule has 0 atom stereocenters. The summed E-state index contributed by atoms with van der Waals surface area (Å²) in [5.41, 5.74) is 1.23. The van der Waals surface area contributed by atoms with Gasteiger partial charge in [-0.1, -0.05) is 77.0 Å². The highest BCUT2D eigenvalue weighted by molar-refractivity contribution is 5.71. The fraction of sp³-hybridized carbons (Fsp3) is 0.538. The van der Waals surface area contributed by atoms with E-state index in [0.29, 0.717) is 51.4 Å². The number of phenols is 12. The first-order valence-corrected chi connectivity index (χ1v) is 23.9. The minimum atomic E-state index is -0.923. The summed E-state index contributed by atoms with van der Waals surface area (Å²) in [5, 5.41) is 144. The zero-order valence-corrected chi connectivity index (χ0v) is 36.4. The Labute approximate surface area is 373 Å². The van der Waals surface area contributed by atoms with Gasteiger partial charge < -0.3 is 61.3 Å². The first-order valence-electron chi connectivity index (χ1n) is 23.9. The third kappa shape index (κ3) is 7.28. The van der Waals surface area contributed by atoms with Gasteiger partial charge in [0.2, 0.25) is 23.0 Å². The summed E-state index contributed by atoms with van der Waals surface area (Å²) in [4.78, 5) is 0. The molecule has 9 rings (SSSR count). The molecular formula is C52H64O12. The van der Waals surface area contributed by atoms with Crippen molar-refractivity contribution in [3.05, 3.63) is 68.8 Å². The van der Waals surface area contributed by atoms with E-state index in [2.05, 4.69) is 0 Å². The summed E-state index contributed by atoms with van der Waals surface area (Å²) in [7, 11) is 0. The Morgan fingerprint density at radius 2 is 0.344 bits per heavy atom. The maximum Gasteiger partial charge on any atom is 0.200 e. The van der Waals surface area contributed by atoms with Crippen LogP contribution in [0.5, 0.6) is 69.0 Å². The minimum Gasteiger partial charge on any atom is -0.504 e. The van der Waals surface area contributed by atoms with Crippen molar-refractivity contribution in [2.45, 2.75) is 152 Å². The van der Waals surface area contributed by atoms with Crippen LogP contribution >= 0.6 is 0 Å². The van der Waals surface area contributed by atoms with Crippen molar-refractivity contribution in [3.63, 3.8) is 0 Å². The number of hydrogen-bond donors (Lipinski definition) is 12. The van der Waals surface area contributed by atoms with E-state index in [9.17, 15) is 61.3 Å². The van der Waals surface area contributed by atoms with Crippen LogP contribution in [0.15, 0.2) is 24.3 Å². The molecule has 4 fully saturated rings. The molecular weight excluding hydrogens is 817 g/mol. The number of benzene rings is 4. The van der Waals surface area contributed by atoms with Gasteiger partial charge in [0, 0.05) is 68.2 Å². The van der Waals surface area contributed by atoms with E-state index in [1.165, 1.54) is 0 Å². The molecule has 344 valence electrons. The van der Waals surface area contributed by atoms with Gasteiger partial charge >= 0.3 is 0 Å². The van der Waals surface area contributed by atoms with Crippen molar-refractivity contribution in [1.82, 2.24) is 0 Å². The Kier molecular flexibility index (Phi) is 11.9. The monoisotopic (exact) mass is 880 g/mol. The highest BCUT2D eigenvalue weighted by Gasteiger charge is 2.43. The molecule has 0 unspecified atom stereocenters. The molecule has 4 aromatic rings. The average Bonchev–Trinajstić information content (AvgIpc) is 3.32. The van der Waals surface area contributed by atoms with Crippen LogP contribution in [-0.2, 0) is 0 Å². The van der Waals surface area contributed by atoms with Gasteiger partial charge in [-0.3, -0.25) is 0 Å². The fourth-order valence-electron chi connectivity index (χ4n) is 13.2. The summed E-state index contributed by atoms with van der Waals surface area (Å²) >= 11 is 0. The van der Waals surface area contributed by atoms with Gasteiger partial charge in [-0.25, -0.2) is 0 Å². The Balaban J connectivity index is 1.46. The molecule has 0 aliphatic heterocycles. The number of aromatic hydroxyl groups is 12. The van der Waals surface area contributed by atoms with E-state index < -0.39 is 92.7 Å². The van der Waals surface area contributed by atoms with E-state index in [-0.39, 0.29) is 68.2 Å². The van der Waals surface area contributed by atoms with E-state index in [0.717, 1.165) is 77.0 Å². The molecule has 0 aromatic heterocycles. The second kappa shape index (κ2) is 17.5. The first-order chi connectivity index (χ1) is 30.8. The van der Waals surface area contributed by atoms with E-state index in [1.807, 2.05) is 0 Å². The first kappa shape index (κ1) is 43.7. The second-order valence-corrected chi connectivity index (χ2v) is 19.9. The van der Waals surface area contributed by atoms with E-state index in [4.69, 9.17) is 0 Å². The second-order valence-electron chi connectivity index (χ2n) is 19.9. The van der Waals surface area contributed by atoms with Gasteiger partial charge in [0.1, 0.15) is 0 Å². The third-order valence-corrected chi connectivity index (χ3v) is 16.4. The average molecular weight is 881 g/mol. The van der Waals surface area contributed by atoms with Crippen LogP contribution in [0.2, 0.25) is 0 Å². The number of phenolic OH excluding ortho intramolecular Hbond substituents is 12. The topological polar surface area (TPSA) is 243 Å². The molecule has 0 spiro atoms. The van der Waals surface area contributed by atoms with Crippen molar-refractivity contribution in [2.75, 3.05) is 0 Å². The van der Waals surface area contributed by atoms with Gasteiger partial charge in [0.25, 0.3) is 0 Å². The summed E-state index contributed by atoms with van der Waals surface area (Å²) in [6.07, 6.45) is 15.5.